The highest BCUT2D eigenvalue weighted by atomic mass is 15.4. The molecular formula is C12H22N4. The van der Waals surface area contributed by atoms with E-state index in [2.05, 4.69) is 10.3 Å². The van der Waals surface area contributed by atoms with Gasteiger partial charge in [-0.15, -0.1) is 5.10 Å². The summed E-state index contributed by atoms with van der Waals surface area (Å²) in [5, 5.41) is 7.87. The summed E-state index contributed by atoms with van der Waals surface area (Å²) in [6.45, 7) is 0. The van der Waals surface area contributed by atoms with Crippen LogP contribution in [0.4, 0.5) is 0 Å². The average Bonchev–Trinajstić information content (AvgIpc) is 2.63. The van der Waals surface area contributed by atoms with Crippen molar-refractivity contribution in [1.82, 2.24) is 15.0 Å². The van der Waals surface area contributed by atoms with Crippen LogP contribution in [0.2, 0.25) is 0 Å². The van der Waals surface area contributed by atoms with Crippen LogP contribution in [0.3, 0.4) is 0 Å². The van der Waals surface area contributed by atoms with Crippen molar-refractivity contribution in [2.24, 2.45) is 18.7 Å². The van der Waals surface area contributed by atoms with Crippen molar-refractivity contribution in [1.29, 1.82) is 0 Å². The molecule has 0 saturated heterocycles. The Morgan fingerprint density at radius 1 is 1.25 bits per heavy atom. The first-order valence-electron chi connectivity index (χ1n) is 6.39. The highest BCUT2D eigenvalue weighted by Gasteiger charge is 2.22. The van der Waals surface area contributed by atoms with Crippen molar-refractivity contribution in [3.05, 3.63) is 11.9 Å². The molecule has 1 aromatic rings. The zero-order chi connectivity index (χ0) is 11.4. The number of hydrogen-bond acceptors (Lipinski definition) is 3. The molecule has 2 rings (SSSR count). The molecule has 1 fully saturated rings. The Bertz CT molecular complexity index is 313. The Labute approximate surface area is 97.2 Å². The third-order valence-electron chi connectivity index (χ3n) is 3.75. The first-order chi connectivity index (χ1) is 7.79. The Hall–Kier alpha value is -0.900. The van der Waals surface area contributed by atoms with Crippen LogP contribution in [-0.4, -0.2) is 15.0 Å². The Kier molecular flexibility index (Phi) is 3.93. The second-order valence-corrected chi connectivity index (χ2v) is 4.91. The molecule has 1 heterocycles. The zero-order valence-corrected chi connectivity index (χ0v) is 10.1. The minimum absolute atomic E-state index is 0.109. The van der Waals surface area contributed by atoms with E-state index in [1.54, 1.807) is 0 Å². The van der Waals surface area contributed by atoms with E-state index in [0.717, 1.165) is 5.69 Å². The molecule has 1 unspecified atom stereocenters. The maximum atomic E-state index is 6.33. The van der Waals surface area contributed by atoms with Crippen LogP contribution in [0.15, 0.2) is 6.20 Å². The van der Waals surface area contributed by atoms with Gasteiger partial charge in [0.25, 0.3) is 0 Å². The second kappa shape index (κ2) is 5.43. The summed E-state index contributed by atoms with van der Waals surface area (Å²) >= 11 is 0. The van der Waals surface area contributed by atoms with Crippen LogP contribution < -0.4 is 5.73 Å². The van der Waals surface area contributed by atoms with Crippen LogP contribution in [0.1, 0.15) is 56.7 Å². The van der Waals surface area contributed by atoms with Gasteiger partial charge >= 0.3 is 0 Å². The summed E-state index contributed by atoms with van der Waals surface area (Å²) in [5.74, 6) is 0.609. The van der Waals surface area contributed by atoms with Crippen molar-refractivity contribution >= 4 is 0 Å². The quantitative estimate of drug-likeness (QED) is 0.834. The molecule has 0 spiro atoms. The van der Waals surface area contributed by atoms with E-state index in [1.165, 1.54) is 44.9 Å². The number of aryl methyl sites for hydroxylation is 1. The molecule has 4 nitrogen and oxygen atoms in total. The fraction of sp³-hybridized carbons (Fsp3) is 0.833. The molecule has 0 aliphatic heterocycles. The molecule has 4 heteroatoms. The molecule has 0 radical (unpaired) electrons. The van der Waals surface area contributed by atoms with Crippen molar-refractivity contribution in [2.45, 2.75) is 51.0 Å². The predicted octanol–water partition coefficient (Wildman–Crippen LogP) is 2.18. The third kappa shape index (κ3) is 2.61. The highest BCUT2D eigenvalue weighted by Crippen LogP contribution is 2.30. The van der Waals surface area contributed by atoms with Gasteiger partial charge in [-0.05, 0) is 18.8 Å². The summed E-state index contributed by atoms with van der Waals surface area (Å²) in [7, 11) is 1.92. The SMILES string of the molecule is Cn1nncc1C(N)C1CCCCCCC1. The number of aromatic nitrogens is 3. The van der Waals surface area contributed by atoms with Gasteiger partial charge in [0, 0.05) is 7.05 Å². The van der Waals surface area contributed by atoms with E-state index in [0.29, 0.717) is 5.92 Å². The van der Waals surface area contributed by atoms with Crippen LogP contribution in [-0.2, 0) is 7.05 Å². The van der Waals surface area contributed by atoms with E-state index >= 15 is 0 Å². The summed E-state index contributed by atoms with van der Waals surface area (Å²) in [6, 6.07) is 0.109. The Balaban J connectivity index is 2.02. The molecule has 1 aliphatic rings. The van der Waals surface area contributed by atoms with Gasteiger partial charge in [-0.1, -0.05) is 37.3 Å². The van der Waals surface area contributed by atoms with Gasteiger partial charge in [-0.3, -0.25) is 4.68 Å². The Morgan fingerprint density at radius 2 is 1.88 bits per heavy atom. The third-order valence-corrected chi connectivity index (χ3v) is 3.75. The van der Waals surface area contributed by atoms with Crippen LogP contribution in [0, 0.1) is 5.92 Å². The van der Waals surface area contributed by atoms with E-state index < -0.39 is 0 Å². The first-order valence-corrected chi connectivity index (χ1v) is 6.39. The van der Waals surface area contributed by atoms with E-state index in [4.69, 9.17) is 5.73 Å². The maximum Gasteiger partial charge on any atom is 0.0753 e. The van der Waals surface area contributed by atoms with Gasteiger partial charge in [0.1, 0.15) is 0 Å². The molecule has 1 saturated carbocycles. The van der Waals surface area contributed by atoms with Gasteiger partial charge in [0.05, 0.1) is 17.9 Å². The lowest BCUT2D eigenvalue weighted by Gasteiger charge is -2.25. The molecule has 0 aromatic carbocycles. The molecule has 1 atom stereocenters. The summed E-state index contributed by atoms with van der Waals surface area (Å²) in [4.78, 5) is 0. The molecule has 16 heavy (non-hydrogen) atoms. The lowest BCUT2D eigenvalue weighted by Crippen LogP contribution is -2.24. The average molecular weight is 222 g/mol. The first kappa shape index (κ1) is 11.6. The largest absolute Gasteiger partial charge is 0.322 e. The van der Waals surface area contributed by atoms with Crippen molar-refractivity contribution in [3.8, 4) is 0 Å². The van der Waals surface area contributed by atoms with Crippen molar-refractivity contribution in [3.63, 3.8) is 0 Å². The number of nitrogens with two attached hydrogens (primary N) is 1. The molecule has 90 valence electrons. The van der Waals surface area contributed by atoms with Crippen molar-refractivity contribution in [2.75, 3.05) is 0 Å². The lowest BCUT2D eigenvalue weighted by atomic mass is 9.85. The normalized spacial score (nSPS) is 21.4. The molecule has 0 amide bonds. The van der Waals surface area contributed by atoms with Gasteiger partial charge in [0.15, 0.2) is 0 Å². The smallest absolute Gasteiger partial charge is 0.0753 e. The van der Waals surface area contributed by atoms with E-state index in [9.17, 15) is 0 Å². The van der Waals surface area contributed by atoms with E-state index in [-0.39, 0.29) is 6.04 Å². The summed E-state index contributed by atoms with van der Waals surface area (Å²) in [6.07, 6.45) is 11.1. The van der Waals surface area contributed by atoms with Crippen molar-refractivity contribution < 1.29 is 0 Å². The fourth-order valence-corrected chi connectivity index (χ4v) is 2.69. The fourth-order valence-electron chi connectivity index (χ4n) is 2.69. The predicted molar refractivity (Wildman–Crippen MR) is 63.7 cm³/mol. The molecule has 2 N–H and O–H groups in total. The standard InChI is InChI=1S/C12H22N4/c1-16-11(9-14-15-16)12(13)10-7-5-3-2-4-6-8-10/h9-10,12H,2-8,13H2,1H3. The number of nitrogens with zero attached hydrogens (tertiary/aromatic N) is 3. The molecule has 1 aliphatic carbocycles. The van der Waals surface area contributed by atoms with Gasteiger partial charge in [-0.2, -0.15) is 0 Å². The van der Waals surface area contributed by atoms with E-state index in [1.807, 2.05) is 17.9 Å². The number of hydrogen-bond donors (Lipinski definition) is 1. The maximum absolute atomic E-state index is 6.33. The minimum atomic E-state index is 0.109. The van der Waals surface area contributed by atoms with Gasteiger partial charge < -0.3 is 5.73 Å². The summed E-state index contributed by atoms with van der Waals surface area (Å²) in [5.41, 5.74) is 7.41. The monoisotopic (exact) mass is 222 g/mol. The molecular weight excluding hydrogens is 200 g/mol. The van der Waals surface area contributed by atoms with Crippen LogP contribution >= 0.6 is 0 Å². The molecule has 0 bridgehead atoms. The van der Waals surface area contributed by atoms with Crippen LogP contribution in [0.5, 0.6) is 0 Å². The zero-order valence-electron chi connectivity index (χ0n) is 10.1. The Morgan fingerprint density at radius 3 is 2.44 bits per heavy atom. The van der Waals surface area contributed by atoms with Gasteiger partial charge in [-0.25, -0.2) is 0 Å². The molecule has 1 aromatic heterocycles. The number of rotatable bonds is 2. The summed E-state index contributed by atoms with van der Waals surface area (Å²) < 4.78 is 1.81. The van der Waals surface area contributed by atoms with Crippen LogP contribution in [0.25, 0.3) is 0 Å². The van der Waals surface area contributed by atoms with Gasteiger partial charge in [0.2, 0.25) is 0 Å². The highest BCUT2D eigenvalue weighted by molar-refractivity contribution is 5.02. The topological polar surface area (TPSA) is 56.7 Å². The lowest BCUT2D eigenvalue weighted by molar-refractivity contribution is 0.318. The second-order valence-electron chi connectivity index (χ2n) is 4.91. The minimum Gasteiger partial charge on any atom is -0.322 e.